The van der Waals surface area contributed by atoms with Gasteiger partial charge >= 0.3 is 5.97 Å². The first-order valence-electron chi connectivity index (χ1n) is 2.98. The predicted molar refractivity (Wildman–Crippen MR) is 33.8 cm³/mol. The number of aliphatic imine (C=N–C) groups is 1. The Kier molecular flexibility index (Phi) is 1.51. The summed E-state index contributed by atoms with van der Waals surface area (Å²) in [6.07, 6.45) is 2.12. The number of hydrogen-bond donors (Lipinski definition) is 1. The molecule has 0 bridgehead atoms. The van der Waals surface area contributed by atoms with Crippen molar-refractivity contribution in [3.8, 4) is 0 Å². The molecule has 9 heavy (non-hydrogen) atoms. The van der Waals surface area contributed by atoms with Gasteiger partial charge in [-0.1, -0.05) is 0 Å². The second-order valence-electron chi connectivity index (χ2n) is 2.25. The molecule has 0 radical (unpaired) electrons. The Morgan fingerprint density at radius 2 is 2.22 bits per heavy atom. The third kappa shape index (κ3) is 1.83. The fraction of sp³-hybridized carbons (Fsp3) is 0.667. The molecule has 0 heterocycles. The van der Waals surface area contributed by atoms with E-state index in [1.54, 1.807) is 0 Å². The standard InChI is InChI=1S/C6H9NO2/c1-4(6(8)9)7-5-2-3-5/h5H,2-3H2,1H3,(H,8,9). The Morgan fingerprint density at radius 1 is 1.67 bits per heavy atom. The molecule has 3 heteroatoms. The summed E-state index contributed by atoms with van der Waals surface area (Å²) in [6.45, 7) is 1.53. The van der Waals surface area contributed by atoms with Crippen LogP contribution in [-0.2, 0) is 4.79 Å². The van der Waals surface area contributed by atoms with Crippen molar-refractivity contribution in [2.75, 3.05) is 0 Å². The van der Waals surface area contributed by atoms with Gasteiger partial charge in [-0.15, -0.1) is 0 Å². The lowest BCUT2D eigenvalue weighted by atomic mass is 10.4. The lowest BCUT2D eigenvalue weighted by Crippen LogP contribution is -2.08. The van der Waals surface area contributed by atoms with Crippen LogP contribution in [0.1, 0.15) is 19.8 Å². The molecule has 1 aliphatic carbocycles. The zero-order chi connectivity index (χ0) is 6.85. The van der Waals surface area contributed by atoms with Gasteiger partial charge in [-0.3, -0.25) is 4.99 Å². The van der Waals surface area contributed by atoms with E-state index in [4.69, 9.17) is 5.11 Å². The van der Waals surface area contributed by atoms with Crippen LogP contribution in [0.2, 0.25) is 0 Å². The SMILES string of the molecule is CC(=NC1CC1)C(=O)O. The average molecular weight is 127 g/mol. The molecule has 0 spiro atoms. The lowest BCUT2D eigenvalue weighted by molar-refractivity contribution is -0.129. The van der Waals surface area contributed by atoms with E-state index in [9.17, 15) is 4.79 Å². The Balaban J connectivity index is 2.46. The van der Waals surface area contributed by atoms with E-state index >= 15 is 0 Å². The van der Waals surface area contributed by atoms with E-state index in [0.717, 1.165) is 12.8 Å². The molecule has 0 aliphatic heterocycles. The monoisotopic (exact) mass is 127 g/mol. The summed E-state index contributed by atoms with van der Waals surface area (Å²) in [5, 5.41) is 8.33. The van der Waals surface area contributed by atoms with E-state index in [2.05, 4.69) is 4.99 Å². The summed E-state index contributed by atoms with van der Waals surface area (Å²) in [5.74, 6) is -0.901. The third-order valence-corrected chi connectivity index (χ3v) is 1.23. The fourth-order valence-electron chi connectivity index (χ4n) is 0.533. The quantitative estimate of drug-likeness (QED) is 0.555. The smallest absolute Gasteiger partial charge is 0.349 e. The highest BCUT2D eigenvalue weighted by molar-refractivity contribution is 6.34. The number of nitrogens with zero attached hydrogens (tertiary/aromatic N) is 1. The van der Waals surface area contributed by atoms with Crippen molar-refractivity contribution in [2.45, 2.75) is 25.8 Å². The van der Waals surface area contributed by atoms with Crippen LogP contribution in [0.4, 0.5) is 0 Å². The number of carboxylic acids is 1. The average Bonchev–Trinajstić information content (AvgIpc) is 2.50. The molecular formula is C6H9NO2. The van der Waals surface area contributed by atoms with Crippen molar-refractivity contribution >= 4 is 11.7 Å². The molecule has 1 N–H and O–H groups in total. The van der Waals surface area contributed by atoms with Gasteiger partial charge in [0.25, 0.3) is 0 Å². The number of carbonyl (C=O) groups is 1. The van der Waals surface area contributed by atoms with Crippen LogP contribution in [0, 0.1) is 0 Å². The Hall–Kier alpha value is -0.860. The highest BCUT2D eigenvalue weighted by Crippen LogP contribution is 2.23. The highest BCUT2D eigenvalue weighted by Gasteiger charge is 2.21. The maximum absolute atomic E-state index is 10.1. The zero-order valence-corrected chi connectivity index (χ0v) is 5.29. The molecule has 50 valence electrons. The van der Waals surface area contributed by atoms with Gasteiger partial charge in [0.2, 0.25) is 0 Å². The maximum Gasteiger partial charge on any atom is 0.349 e. The first kappa shape index (κ1) is 6.26. The topological polar surface area (TPSA) is 49.7 Å². The number of hydrogen-bond acceptors (Lipinski definition) is 2. The van der Waals surface area contributed by atoms with Gasteiger partial charge in [-0.05, 0) is 19.8 Å². The molecule has 0 unspecified atom stereocenters. The molecule has 0 aromatic heterocycles. The Labute approximate surface area is 53.4 Å². The fourth-order valence-corrected chi connectivity index (χ4v) is 0.533. The number of rotatable bonds is 2. The molecule has 1 aliphatic rings. The minimum atomic E-state index is -0.901. The molecule has 1 rings (SSSR count). The summed E-state index contributed by atoms with van der Waals surface area (Å²) in [7, 11) is 0. The molecule has 0 atom stereocenters. The number of aliphatic carboxylic acids is 1. The zero-order valence-electron chi connectivity index (χ0n) is 5.29. The van der Waals surface area contributed by atoms with Crippen LogP contribution in [0.25, 0.3) is 0 Å². The first-order chi connectivity index (χ1) is 4.20. The van der Waals surface area contributed by atoms with Crippen molar-refractivity contribution in [1.29, 1.82) is 0 Å². The van der Waals surface area contributed by atoms with Crippen LogP contribution in [0.15, 0.2) is 4.99 Å². The van der Waals surface area contributed by atoms with Crippen LogP contribution in [0.3, 0.4) is 0 Å². The Morgan fingerprint density at radius 3 is 2.56 bits per heavy atom. The van der Waals surface area contributed by atoms with Crippen LogP contribution >= 0.6 is 0 Å². The van der Waals surface area contributed by atoms with Crippen molar-refractivity contribution in [3.05, 3.63) is 0 Å². The molecule has 1 fully saturated rings. The van der Waals surface area contributed by atoms with E-state index in [0.29, 0.717) is 6.04 Å². The van der Waals surface area contributed by atoms with Crippen molar-refractivity contribution in [1.82, 2.24) is 0 Å². The second-order valence-corrected chi connectivity index (χ2v) is 2.25. The minimum absolute atomic E-state index is 0.234. The molecule has 3 nitrogen and oxygen atoms in total. The van der Waals surface area contributed by atoms with Crippen LogP contribution in [-0.4, -0.2) is 22.8 Å². The van der Waals surface area contributed by atoms with E-state index < -0.39 is 5.97 Å². The van der Waals surface area contributed by atoms with Gasteiger partial charge in [0, 0.05) is 0 Å². The van der Waals surface area contributed by atoms with Crippen molar-refractivity contribution in [3.63, 3.8) is 0 Å². The number of carboxylic acid groups (broad SMARTS) is 1. The van der Waals surface area contributed by atoms with E-state index in [-0.39, 0.29) is 5.71 Å². The largest absolute Gasteiger partial charge is 0.477 e. The predicted octanol–water partition coefficient (Wildman–Crippen LogP) is 0.694. The van der Waals surface area contributed by atoms with Gasteiger partial charge in [-0.25, -0.2) is 4.79 Å². The van der Waals surface area contributed by atoms with Crippen molar-refractivity contribution in [2.24, 2.45) is 4.99 Å². The maximum atomic E-state index is 10.1. The molecule has 0 saturated heterocycles. The van der Waals surface area contributed by atoms with E-state index in [1.165, 1.54) is 6.92 Å². The second kappa shape index (κ2) is 2.17. The molecule has 0 amide bonds. The summed E-state index contributed by atoms with van der Waals surface area (Å²) >= 11 is 0. The molecule has 0 aromatic rings. The minimum Gasteiger partial charge on any atom is -0.477 e. The molecule has 1 saturated carbocycles. The van der Waals surface area contributed by atoms with Crippen LogP contribution < -0.4 is 0 Å². The summed E-state index contributed by atoms with van der Waals surface area (Å²) < 4.78 is 0. The first-order valence-corrected chi connectivity index (χ1v) is 2.98. The summed E-state index contributed by atoms with van der Waals surface area (Å²) in [4.78, 5) is 14.0. The Bertz CT molecular complexity index is 158. The van der Waals surface area contributed by atoms with E-state index in [1.807, 2.05) is 0 Å². The highest BCUT2D eigenvalue weighted by atomic mass is 16.4. The van der Waals surface area contributed by atoms with Crippen LogP contribution in [0.5, 0.6) is 0 Å². The van der Waals surface area contributed by atoms with Gasteiger partial charge in [0.05, 0.1) is 6.04 Å². The van der Waals surface area contributed by atoms with Gasteiger partial charge in [0.15, 0.2) is 0 Å². The lowest BCUT2D eigenvalue weighted by Gasteiger charge is -1.88. The van der Waals surface area contributed by atoms with Gasteiger partial charge < -0.3 is 5.11 Å². The molecular weight excluding hydrogens is 118 g/mol. The third-order valence-electron chi connectivity index (χ3n) is 1.23. The summed E-state index contributed by atoms with van der Waals surface area (Å²) in [6, 6.07) is 0.320. The van der Waals surface area contributed by atoms with Gasteiger partial charge in [0.1, 0.15) is 5.71 Å². The molecule has 0 aromatic carbocycles. The van der Waals surface area contributed by atoms with Crippen molar-refractivity contribution < 1.29 is 9.90 Å². The van der Waals surface area contributed by atoms with Gasteiger partial charge in [-0.2, -0.15) is 0 Å². The normalized spacial score (nSPS) is 19.9. The summed E-state index contributed by atoms with van der Waals surface area (Å²) in [5.41, 5.74) is 0.234.